The fraction of sp³-hybridized carbons (Fsp3) is 0.154. The number of H-pyrrole nitrogens is 1. The van der Waals surface area contributed by atoms with Crippen LogP contribution in [0.4, 0.5) is 5.69 Å². The van der Waals surface area contributed by atoms with E-state index in [0.717, 1.165) is 17.5 Å². The molecule has 0 aliphatic carbocycles. The summed E-state index contributed by atoms with van der Waals surface area (Å²) in [6, 6.07) is 16.5. The van der Waals surface area contributed by atoms with Crippen LogP contribution in [0.3, 0.4) is 0 Å². The first-order valence-corrected chi connectivity index (χ1v) is 12.8. The number of benzene rings is 3. The molecule has 2 heterocycles. The molecule has 0 saturated heterocycles. The third-order valence-electron chi connectivity index (χ3n) is 5.91. The topological polar surface area (TPSA) is 127 Å². The van der Waals surface area contributed by atoms with Crippen molar-refractivity contribution < 1.29 is 22.7 Å². The minimum Gasteiger partial charge on any atom is -0.454 e. The van der Waals surface area contributed by atoms with Gasteiger partial charge in [-0.1, -0.05) is 25.1 Å². The number of carbonyl (C=O) groups excluding carboxylic acids is 1. The molecule has 0 radical (unpaired) electrons. The van der Waals surface area contributed by atoms with Crippen molar-refractivity contribution in [3.8, 4) is 11.5 Å². The molecule has 0 bridgehead atoms. The highest BCUT2D eigenvalue weighted by molar-refractivity contribution is 7.92. The molecular weight excluding hydrogens is 482 g/mol. The lowest BCUT2D eigenvalue weighted by Crippen LogP contribution is -2.28. The SMILES string of the molecule is CCc1ccc(NS(=O)(=O)c2ccc3[nH]cc(C(=O)NCc4ccc5c(c4)OCO5)c(=O)c3c2)cc1. The number of aromatic nitrogens is 1. The van der Waals surface area contributed by atoms with Gasteiger partial charge in [-0.2, -0.15) is 0 Å². The molecule has 1 amide bonds. The number of aromatic amines is 1. The summed E-state index contributed by atoms with van der Waals surface area (Å²) in [6.45, 7) is 2.33. The molecule has 0 atom stereocenters. The number of nitrogens with one attached hydrogen (secondary N) is 3. The summed E-state index contributed by atoms with van der Waals surface area (Å²) >= 11 is 0. The summed E-state index contributed by atoms with van der Waals surface area (Å²) in [7, 11) is -3.95. The maximum absolute atomic E-state index is 13.1. The number of anilines is 1. The monoisotopic (exact) mass is 505 g/mol. The van der Waals surface area contributed by atoms with E-state index in [2.05, 4.69) is 15.0 Å². The molecule has 0 fully saturated rings. The van der Waals surface area contributed by atoms with Crippen molar-refractivity contribution in [2.75, 3.05) is 11.5 Å². The smallest absolute Gasteiger partial charge is 0.261 e. The minimum atomic E-state index is -3.95. The molecule has 5 rings (SSSR count). The minimum absolute atomic E-state index is 0.0852. The van der Waals surface area contributed by atoms with Crippen LogP contribution in [0.5, 0.6) is 11.5 Å². The first-order chi connectivity index (χ1) is 17.3. The van der Waals surface area contributed by atoms with Gasteiger partial charge in [0.15, 0.2) is 11.5 Å². The molecule has 1 aliphatic rings. The summed E-state index contributed by atoms with van der Waals surface area (Å²) in [5.41, 5.74) is 1.99. The van der Waals surface area contributed by atoms with E-state index in [1.807, 2.05) is 19.1 Å². The van der Waals surface area contributed by atoms with Gasteiger partial charge in [0.1, 0.15) is 5.56 Å². The third kappa shape index (κ3) is 4.63. The van der Waals surface area contributed by atoms with Crippen LogP contribution in [0, 0.1) is 0 Å². The number of ether oxygens (including phenoxy) is 2. The van der Waals surface area contributed by atoms with Crippen LogP contribution in [-0.2, 0) is 23.0 Å². The zero-order valence-corrected chi connectivity index (χ0v) is 20.1. The number of amides is 1. The van der Waals surface area contributed by atoms with Crippen LogP contribution in [0.2, 0.25) is 0 Å². The van der Waals surface area contributed by atoms with Gasteiger partial charge in [-0.3, -0.25) is 14.3 Å². The number of fused-ring (bicyclic) bond motifs is 2. The van der Waals surface area contributed by atoms with Crippen LogP contribution >= 0.6 is 0 Å². The number of sulfonamides is 1. The lowest BCUT2D eigenvalue weighted by Gasteiger charge is -2.10. The molecule has 1 aliphatic heterocycles. The fourth-order valence-corrected chi connectivity index (χ4v) is 4.97. The first-order valence-electron chi connectivity index (χ1n) is 11.3. The van der Waals surface area contributed by atoms with Crippen LogP contribution in [0.25, 0.3) is 10.9 Å². The van der Waals surface area contributed by atoms with Crippen molar-refractivity contribution >= 4 is 32.5 Å². The predicted octanol–water partition coefficient (Wildman–Crippen LogP) is 3.55. The Balaban J connectivity index is 1.37. The van der Waals surface area contributed by atoms with E-state index < -0.39 is 21.4 Å². The largest absolute Gasteiger partial charge is 0.454 e. The van der Waals surface area contributed by atoms with Gasteiger partial charge in [0.05, 0.1) is 4.90 Å². The van der Waals surface area contributed by atoms with Gasteiger partial charge in [0.25, 0.3) is 15.9 Å². The maximum atomic E-state index is 13.1. The Kier molecular flexibility index (Phi) is 6.11. The molecule has 36 heavy (non-hydrogen) atoms. The van der Waals surface area contributed by atoms with E-state index in [1.54, 1.807) is 30.3 Å². The Labute approximate surface area is 207 Å². The Morgan fingerprint density at radius 3 is 2.50 bits per heavy atom. The average Bonchev–Trinajstić information content (AvgIpc) is 3.35. The standard InChI is InChI=1S/C26H23N3O6S/c1-2-16-3-6-18(7-4-16)29-36(32,33)19-8-9-22-20(12-19)25(30)21(14-27-22)26(31)28-13-17-5-10-23-24(11-17)35-15-34-23/h3-12,14,29H,2,13,15H2,1H3,(H,27,30)(H,28,31). The number of carbonyl (C=O) groups is 1. The van der Waals surface area contributed by atoms with Crippen LogP contribution in [-0.4, -0.2) is 26.1 Å². The third-order valence-corrected chi connectivity index (χ3v) is 7.29. The highest BCUT2D eigenvalue weighted by Crippen LogP contribution is 2.32. The van der Waals surface area contributed by atoms with Gasteiger partial charge in [0.2, 0.25) is 12.2 Å². The van der Waals surface area contributed by atoms with Crippen molar-refractivity contribution in [1.29, 1.82) is 0 Å². The van der Waals surface area contributed by atoms with Gasteiger partial charge in [-0.05, 0) is 60.0 Å². The average molecular weight is 506 g/mol. The van der Waals surface area contributed by atoms with Crippen molar-refractivity contribution in [1.82, 2.24) is 10.3 Å². The molecule has 3 aromatic carbocycles. The molecule has 0 saturated carbocycles. The van der Waals surface area contributed by atoms with E-state index in [1.165, 1.54) is 24.4 Å². The van der Waals surface area contributed by atoms with Crippen LogP contribution < -0.4 is 24.9 Å². The van der Waals surface area contributed by atoms with E-state index in [4.69, 9.17) is 9.47 Å². The first kappa shape index (κ1) is 23.4. The molecule has 4 aromatic rings. The Bertz CT molecular complexity index is 1630. The normalized spacial score (nSPS) is 12.5. The number of pyridine rings is 1. The van der Waals surface area contributed by atoms with Crippen molar-refractivity contribution in [2.45, 2.75) is 24.8 Å². The fourth-order valence-electron chi connectivity index (χ4n) is 3.88. The molecule has 9 nitrogen and oxygen atoms in total. The van der Waals surface area contributed by atoms with Crippen molar-refractivity contribution in [3.05, 3.63) is 93.8 Å². The molecular formula is C26H23N3O6S. The van der Waals surface area contributed by atoms with Gasteiger partial charge >= 0.3 is 0 Å². The molecule has 0 spiro atoms. The van der Waals surface area contributed by atoms with Gasteiger partial charge in [0, 0.05) is 29.3 Å². The predicted molar refractivity (Wildman–Crippen MR) is 135 cm³/mol. The number of hydrogen-bond acceptors (Lipinski definition) is 6. The van der Waals surface area contributed by atoms with Crippen LogP contribution in [0.15, 0.2) is 76.6 Å². The summed E-state index contributed by atoms with van der Waals surface area (Å²) in [5.74, 6) is 0.640. The summed E-state index contributed by atoms with van der Waals surface area (Å²) in [4.78, 5) is 28.7. The number of rotatable bonds is 7. The lowest BCUT2D eigenvalue weighted by atomic mass is 10.1. The molecule has 10 heteroatoms. The summed E-state index contributed by atoms with van der Waals surface area (Å²) in [5, 5.41) is 2.81. The zero-order chi connectivity index (χ0) is 25.3. The van der Waals surface area contributed by atoms with E-state index in [-0.39, 0.29) is 29.2 Å². The number of hydrogen-bond donors (Lipinski definition) is 3. The highest BCUT2D eigenvalue weighted by Gasteiger charge is 2.19. The zero-order valence-electron chi connectivity index (χ0n) is 19.3. The van der Waals surface area contributed by atoms with E-state index in [0.29, 0.717) is 22.7 Å². The second kappa shape index (κ2) is 9.38. The Morgan fingerprint density at radius 1 is 0.972 bits per heavy atom. The maximum Gasteiger partial charge on any atom is 0.261 e. The van der Waals surface area contributed by atoms with Crippen LogP contribution in [0.1, 0.15) is 28.4 Å². The second-order valence-electron chi connectivity index (χ2n) is 8.27. The Hall–Kier alpha value is -4.31. The van der Waals surface area contributed by atoms with Gasteiger partial charge in [-0.25, -0.2) is 8.42 Å². The number of aryl methyl sites for hydroxylation is 1. The molecule has 1 aromatic heterocycles. The lowest BCUT2D eigenvalue weighted by molar-refractivity contribution is 0.0949. The summed E-state index contributed by atoms with van der Waals surface area (Å²) < 4.78 is 39.0. The molecule has 0 unspecified atom stereocenters. The van der Waals surface area contributed by atoms with Crippen molar-refractivity contribution in [2.24, 2.45) is 0 Å². The Morgan fingerprint density at radius 2 is 1.72 bits per heavy atom. The molecule has 3 N–H and O–H groups in total. The van der Waals surface area contributed by atoms with Gasteiger partial charge < -0.3 is 19.8 Å². The summed E-state index contributed by atoms with van der Waals surface area (Å²) in [6.07, 6.45) is 2.16. The van der Waals surface area contributed by atoms with E-state index in [9.17, 15) is 18.0 Å². The second-order valence-corrected chi connectivity index (χ2v) is 9.95. The van der Waals surface area contributed by atoms with Crippen molar-refractivity contribution in [3.63, 3.8) is 0 Å². The molecule has 184 valence electrons. The quantitative estimate of drug-likeness (QED) is 0.353. The highest BCUT2D eigenvalue weighted by atomic mass is 32.2. The van der Waals surface area contributed by atoms with Gasteiger partial charge in [-0.15, -0.1) is 0 Å². The van der Waals surface area contributed by atoms with E-state index >= 15 is 0 Å².